The Hall–Kier alpha value is -4.09. The minimum Gasteiger partial charge on any atom is -0.478 e. The van der Waals surface area contributed by atoms with Crippen molar-refractivity contribution in [1.29, 1.82) is 0 Å². The van der Waals surface area contributed by atoms with Crippen LogP contribution in [0.4, 0.5) is 5.69 Å². The molecule has 1 heterocycles. The van der Waals surface area contributed by atoms with Crippen molar-refractivity contribution in [2.24, 2.45) is 0 Å². The first-order valence-corrected chi connectivity index (χ1v) is 11.6. The van der Waals surface area contributed by atoms with Crippen LogP contribution in [0.25, 0.3) is 11.8 Å². The van der Waals surface area contributed by atoms with Crippen molar-refractivity contribution < 1.29 is 19.5 Å². The Labute approximate surface area is 212 Å². The molecule has 0 spiro atoms. The second-order valence-corrected chi connectivity index (χ2v) is 8.26. The van der Waals surface area contributed by atoms with Gasteiger partial charge in [0.25, 0.3) is 0 Å². The van der Waals surface area contributed by atoms with Crippen LogP contribution in [-0.2, 0) is 9.59 Å². The summed E-state index contributed by atoms with van der Waals surface area (Å²) >= 11 is 6.12. The van der Waals surface area contributed by atoms with Gasteiger partial charge in [-0.25, -0.2) is 4.79 Å². The Kier molecular flexibility index (Phi) is 9.66. The zero-order chi connectivity index (χ0) is 25.9. The van der Waals surface area contributed by atoms with Gasteiger partial charge in [0.15, 0.2) is 0 Å². The van der Waals surface area contributed by atoms with E-state index in [1.807, 2.05) is 7.05 Å². The minimum absolute atomic E-state index is 0.108. The maximum absolute atomic E-state index is 12.9. The van der Waals surface area contributed by atoms with Crippen LogP contribution in [0.1, 0.15) is 35.2 Å². The number of aromatic carboxylic acids is 1. The van der Waals surface area contributed by atoms with Gasteiger partial charge in [0.1, 0.15) is 12.4 Å². The van der Waals surface area contributed by atoms with Crippen LogP contribution in [0.3, 0.4) is 0 Å². The fourth-order valence-corrected chi connectivity index (χ4v) is 3.55. The van der Waals surface area contributed by atoms with Gasteiger partial charge in [-0.2, -0.15) is 4.68 Å². The van der Waals surface area contributed by atoms with E-state index in [1.54, 1.807) is 24.3 Å². The van der Waals surface area contributed by atoms with Gasteiger partial charge in [-0.1, -0.05) is 11.6 Å². The SMILES string of the molecule is CNCCCC[C@H](NC(=O)/C=C/c1cc(Cl)ccc1-n1cnnn1)C(=O)Nc1ccc(C(=O)O)cc1. The topological polar surface area (TPSA) is 151 Å². The zero-order valence-corrected chi connectivity index (χ0v) is 20.3. The summed E-state index contributed by atoms with van der Waals surface area (Å²) in [5.41, 5.74) is 1.77. The summed E-state index contributed by atoms with van der Waals surface area (Å²) in [5, 5.41) is 29.2. The van der Waals surface area contributed by atoms with Gasteiger partial charge in [-0.15, -0.1) is 5.10 Å². The second-order valence-electron chi connectivity index (χ2n) is 7.82. The third kappa shape index (κ3) is 7.72. The standard InChI is InChI=1S/C24H26ClN7O4/c1-26-13-3-2-4-20(23(34)28-19-9-5-16(6-10-19)24(35)36)29-22(33)12-7-17-14-18(25)8-11-21(17)32-15-27-30-31-32/h5-12,14-15,20,26H,2-4,13H2,1H3,(H,28,34)(H,29,33)(H,35,36)/b12-7+/t20-/m0/s1. The van der Waals surface area contributed by atoms with Gasteiger partial charge >= 0.3 is 5.97 Å². The summed E-state index contributed by atoms with van der Waals surface area (Å²) in [6, 6.07) is 10.1. The fourth-order valence-electron chi connectivity index (χ4n) is 3.37. The first kappa shape index (κ1) is 26.5. The molecule has 0 aliphatic heterocycles. The molecule has 3 rings (SSSR count). The second kappa shape index (κ2) is 13.1. The molecule has 1 atom stereocenters. The van der Waals surface area contributed by atoms with Gasteiger partial charge in [0, 0.05) is 22.3 Å². The van der Waals surface area contributed by atoms with Gasteiger partial charge in [-0.3, -0.25) is 9.59 Å². The predicted octanol–water partition coefficient (Wildman–Crippen LogP) is 2.54. The van der Waals surface area contributed by atoms with Crippen molar-refractivity contribution in [2.45, 2.75) is 25.3 Å². The third-order valence-electron chi connectivity index (χ3n) is 5.20. The number of unbranched alkanes of at least 4 members (excludes halogenated alkanes) is 1. The number of halogens is 1. The summed E-state index contributed by atoms with van der Waals surface area (Å²) in [4.78, 5) is 36.7. The Morgan fingerprint density at radius 1 is 1.14 bits per heavy atom. The molecule has 188 valence electrons. The molecule has 2 amide bonds. The highest BCUT2D eigenvalue weighted by Crippen LogP contribution is 2.20. The van der Waals surface area contributed by atoms with Crippen molar-refractivity contribution >= 4 is 41.1 Å². The van der Waals surface area contributed by atoms with Crippen LogP contribution in [0, 0.1) is 0 Å². The van der Waals surface area contributed by atoms with Crippen molar-refractivity contribution in [3.63, 3.8) is 0 Å². The van der Waals surface area contributed by atoms with Gasteiger partial charge in [-0.05, 0) is 91.8 Å². The van der Waals surface area contributed by atoms with Crippen molar-refractivity contribution in [1.82, 2.24) is 30.8 Å². The van der Waals surface area contributed by atoms with Crippen LogP contribution >= 0.6 is 11.6 Å². The molecule has 11 nitrogen and oxygen atoms in total. The number of carbonyl (C=O) groups is 3. The highest BCUT2D eigenvalue weighted by atomic mass is 35.5. The summed E-state index contributed by atoms with van der Waals surface area (Å²) in [5.74, 6) is -1.92. The van der Waals surface area contributed by atoms with Crippen LogP contribution < -0.4 is 16.0 Å². The first-order chi connectivity index (χ1) is 17.4. The summed E-state index contributed by atoms with van der Waals surface area (Å²) in [7, 11) is 1.84. The van der Waals surface area contributed by atoms with Crippen LogP contribution in [-0.4, -0.2) is 62.7 Å². The molecular formula is C24H26ClN7O4. The number of carbonyl (C=O) groups excluding carboxylic acids is 2. The lowest BCUT2D eigenvalue weighted by molar-refractivity contribution is -0.124. The summed E-state index contributed by atoms with van der Waals surface area (Å²) < 4.78 is 1.45. The van der Waals surface area contributed by atoms with E-state index in [9.17, 15) is 14.4 Å². The number of carboxylic acids is 1. The molecule has 3 aromatic rings. The lowest BCUT2D eigenvalue weighted by Gasteiger charge is -2.18. The summed E-state index contributed by atoms with van der Waals surface area (Å²) in [6.45, 7) is 0.785. The van der Waals surface area contributed by atoms with E-state index in [4.69, 9.17) is 16.7 Å². The smallest absolute Gasteiger partial charge is 0.335 e. The number of hydrogen-bond acceptors (Lipinski definition) is 7. The molecule has 0 fully saturated rings. The Balaban J connectivity index is 1.71. The number of rotatable bonds is 12. The number of nitrogens with one attached hydrogen (secondary N) is 3. The fraction of sp³-hybridized carbons (Fsp3) is 0.250. The number of anilines is 1. The van der Waals surface area contributed by atoms with Gasteiger partial charge < -0.3 is 21.1 Å². The van der Waals surface area contributed by atoms with E-state index < -0.39 is 23.8 Å². The monoisotopic (exact) mass is 511 g/mol. The molecule has 2 aromatic carbocycles. The molecule has 36 heavy (non-hydrogen) atoms. The zero-order valence-electron chi connectivity index (χ0n) is 19.5. The predicted molar refractivity (Wildman–Crippen MR) is 135 cm³/mol. The average Bonchev–Trinajstić information content (AvgIpc) is 3.39. The number of benzene rings is 2. The Bertz CT molecular complexity index is 1210. The van der Waals surface area contributed by atoms with Crippen LogP contribution in [0.15, 0.2) is 54.9 Å². The molecule has 0 saturated heterocycles. The van der Waals surface area contributed by atoms with E-state index in [2.05, 4.69) is 31.5 Å². The summed E-state index contributed by atoms with van der Waals surface area (Å²) in [6.07, 6.45) is 6.27. The highest BCUT2D eigenvalue weighted by molar-refractivity contribution is 6.30. The number of carboxylic acid groups (broad SMARTS) is 1. The van der Waals surface area contributed by atoms with E-state index in [0.717, 1.165) is 13.0 Å². The van der Waals surface area contributed by atoms with E-state index in [1.165, 1.54) is 41.4 Å². The minimum atomic E-state index is -1.06. The van der Waals surface area contributed by atoms with Gasteiger partial charge in [0.05, 0.1) is 11.3 Å². The molecule has 1 aromatic heterocycles. The number of aromatic nitrogens is 4. The molecule has 0 unspecified atom stereocenters. The lowest BCUT2D eigenvalue weighted by Crippen LogP contribution is -2.43. The third-order valence-corrected chi connectivity index (χ3v) is 5.44. The molecule has 0 aliphatic rings. The maximum Gasteiger partial charge on any atom is 0.335 e. The number of amides is 2. The molecule has 4 N–H and O–H groups in total. The Morgan fingerprint density at radius 3 is 2.58 bits per heavy atom. The molecule has 0 bridgehead atoms. The van der Waals surface area contributed by atoms with E-state index in [-0.39, 0.29) is 5.56 Å². The van der Waals surface area contributed by atoms with Crippen molar-refractivity contribution in [3.05, 3.63) is 71.0 Å². The molecular weight excluding hydrogens is 486 g/mol. The number of tetrazole rings is 1. The quantitative estimate of drug-likeness (QED) is 0.214. The van der Waals surface area contributed by atoms with Crippen LogP contribution in [0.2, 0.25) is 5.02 Å². The Morgan fingerprint density at radius 2 is 1.92 bits per heavy atom. The molecule has 0 aliphatic carbocycles. The highest BCUT2D eigenvalue weighted by Gasteiger charge is 2.20. The van der Waals surface area contributed by atoms with Crippen molar-refractivity contribution in [2.75, 3.05) is 18.9 Å². The lowest BCUT2D eigenvalue weighted by atomic mass is 10.1. The molecule has 12 heteroatoms. The normalized spacial score (nSPS) is 11.8. The molecule has 0 radical (unpaired) electrons. The molecule has 0 saturated carbocycles. The van der Waals surface area contributed by atoms with E-state index >= 15 is 0 Å². The van der Waals surface area contributed by atoms with Crippen LogP contribution in [0.5, 0.6) is 0 Å². The maximum atomic E-state index is 12.9. The van der Waals surface area contributed by atoms with Crippen molar-refractivity contribution in [3.8, 4) is 5.69 Å². The van der Waals surface area contributed by atoms with Gasteiger partial charge in [0.2, 0.25) is 11.8 Å². The largest absolute Gasteiger partial charge is 0.478 e. The van der Waals surface area contributed by atoms with E-state index in [0.29, 0.717) is 34.8 Å². The number of hydrogen-bond donors (Lipinski definition) is 4. The first-order valence-electron chi connectivity index (χ1n) is 11.2. The average molecular weight is 512 g/mol. The number of nitrogens with zero attached hydrogens (tertiary/aromatic N) is 4.